The van der Waals surface area contributed by atoms with E-state index in [4.69, 9.17) is 4.98 Å². The van der Waals surface area contributed by atoms with Gasteiger partial charge in [0.15, 0.2) is 0 Å². The molecule has 0 aliphatic rings. The Morgan fingerprint density at radius 3 is 2.44 bits per heavy atom. The first-order chi connectivity index (χ1) is 12.3. The first kappa shape index (κ1) is 13.7. The number of rotatable bonds is 0. The highest BCUT2D eigenvalue weighted by Crippen LogP contribution is 2.29. The summed E-state index contributed by atoms with van der Waals surface area (Å²) in [4.78, 5) is 17.9. The van der Waals surface area contributed by atoms with Crippen molar-refractivity contribution in [2.24, 2.45) is 0 Å². The minimum absolute atomic E-state index is 0.0805. The highest BCUT2D eigenvalue weighted by Gasteiger charge is 2.13. The molecule has 0 aliphatic carbocycles. The quantitative estimate of drug-likeness (QED) is 0.320. The second kappa shape index (κ2) is 4.89. The summed E-state index contributed by atoms with van der Waals surface area (Å²) >= 11 is 0. The molecule has 4 nitrogen and oxygen atoms in total. The van der Waals surface area contributed by atoms with E-state index in [0.717, 1.165) is 21.7 Å². The van der Waals surface area contributed by atoms with E-state index in [1.807, 2.05) is 54.6 Å². The first-order valence-corrected chi connectivity index (χ1v) is 7.94. The van der Waals surface area contributed by atoms with Crippen molar-refractivity contribution in [3.05, 3.63) is 82.6 Å². The van der Waals surface area contributed by atoms with Gasteiger partial charge in [0.2, 0.25) is 0 Å². The van der Waals surface area contributed by atoms with Gasteiger partial charge >= 0.3 is 0 Å². The molecule has 2 aromatic heterocycles. The van der Waals surface area contributed by atoms with Crippen LogP contribution in [-0.4, -0.2) is 9.38 Å². The molecule has 0 spiro atoms. The number of pyridine rings is 1. The Hall–Kier alpha value is -3.71. The molecule has 0 unspecified atom stereocenters. The molecule has 0 bridgehead atoms. The minimum atomic E-state index is -0.0805. The summed E-state index contributed by atoms with van der Waals surface area (Å²) < 4.78 is 1.67. The molecular formula is C21H11N3O. The summed E-state index contributed by atoms with van der Waals surface area (Å²) in [6.45, 7) is 0. The fourth-order valence-electron chi connectivity index (χ4n) is 3.46. The van der Waals surface area contributed by atoms with Gasteiger partial charge in [0.25, 0.3) is 5.56 Å². The van der Waals surface area contributed by atoms with Gasteiger partial charge in [-0.2, -0.15) is 5.26 Å². The van der Waals surface area contributed by atoms with E-state index in [-0.39, 0.29) is 5.56 Å². The predicted octanol–water partition coefficient (Wildman–Crippen LogP) is 4.03. The van der Waals surface area contributed by atoms with Crippen LogP contribution in [0.5, 0.6) is 0 Å². The average molecular weight is 321 g/mol. The maximum Gasteiger partial charge on any atom is 0.266 e. The molecule has 5 rings (SSSR count). The normalized spacial score (nSPS) is 11.3. The van der Waals surface area contributed by atoms with Gasteiger partial charge in [-0.3, -0.25) is 9.20 Å². The Bertz CT molecular complexity index is 1420. The zero-order chi connectivity index (χ0) is 17.0. The molecule has 3 aromatic carbocycles. The average Bonchev–Trinajstić information content (AvgIpc) is 2.67. The molecule has 0 N–H and O–H groups in total. The van der Waals surface area contributed by atoms with Crippen LogP contribution in [-0.2, 0) is 0 Å². The lowest BCUT2D eigenvalue weighted by atomic mass is 10.0. The van der Waals surface area contributed by atoms with Gasteiger partial charge in [-0.05, 0) is 41.8 Å². The van der Waals surface area contributed by atoms with Gasteiger partial charge in [0, 0.05) is 10.8 Å². The van der Waals surface area contributed by atoms with Crippen molar-refractivity contribution in [2.75, 3.05) is 0 Å². The van der Waals surface area contributed by atoms with E-state index >= 15 is 0 Å². The van der Waals surface area contributed by atoms with Crippen LogP contribution in [0.15, 0.2) is 71.5 Å². The van der Waals surface area contributed by atoms with Crippen molar-refractivity contribution in [3.8, 4) is 6.07 Å². The number of nitrogens with zero attached hydrogens (tertiary/aromatic N) is 3. The molecule has 4 heteroatoms. The lowest BCUT2D eigenvalue weighted by molar-refractivity contribution is 1.14. The number of aromatic nitrogens is 2. The van der Waals surface area contributed by atoms with E-state index < -0.39 is 0 Å². The highest BCUT2D eigenvalue weighted by molar-refractivity contribution is 6.12. The summed E-state index contributed by atoms with van der Waals surface area (Å²) in [5.41, 5.74) is 2.59. The summed E-state index contributed by atoms with van der Waals surface area (Å²) in [5, 5.41) is 12.6. The van der Waals surface area contributed by atoms with Crippen molar-refractivity contribution in [3.63, 3.8) is 0 Å². The van der Waals surface area contributed by atoms with Crippen LogP contribution in [0.3, 0.4) is 0 Å². The van der Waals surface area contributed by atoms with Crippen molar-refractivity contribution < 1.29 is 0 Å². The Balaban J connectivity index is 2.19. The molecule has 0 amide bonds. The van der Waals surface area contributed by atoms with E-state index in [0.29, 0.717) is 22.1 Å². The molecule has 0 atom stereocenters. The molecule has 2 heterocycles. The monoisotopic (exact) mass is 321 g/mol. The Morgan fingerprint density at radius 1 is 0.840 bits per heavy atom. The fraction of sp³-hybridized carbons (Fsp3) is 0. The zero-order valence-electron chi connectivity index (χ0n) is 13.1. The Morgan fingerprint density at radius 2 is 1.60 bits per heavy atom. The molecule has 0 aliphatic heterocycles. The van der Waals surface area contributed by atoms with Crippen molar-refractivity contribution in [2.45, 2.75) is 0 Å². The first-order valence-electron chi connectivity index (χ1n) is 7.94. The SMILES string of the molecule is N#Cc1ccc2c(c1)c1ccccc1n1c(=O)c3ccccc3nc21. The maximum atomic E-state index is 13.1. The topological polar surface area (TPSA) is 58.2 Å². The van der Waals surface area contributed by atoms with E-state index in [9.17, 15) is 10.1 Å². The van der Waals surface area contributed by atoms with E-state index in [1.165, 1.54) is 0 Å². The Labute approximate surface area is 142 Å². The molecule has 116 valence electrons. The molecular weight excluding hydrogens is 310 g/mol. The summed E-state index contributed by atoms with van der Waals surface area (Å²) in [7, 11) is 0. The van der Waals surface area contributed by atoms with Gasteiger partial charge in [0.1, 0.15) is 5.65 Å². The third-order valence-corrected chi connectivity index (χ3v) is 4.60. The van der Waals surface area contributed by atoms with E-state index in [2.05, 4.69) is 6.07 Å². The fourth-order valence-corrected chi connectivity index (χ4v) is 3.46. The second-order valence-electron chi connectivity index (χ2n) is 5.98. The summed E-state index contributed by atoms with van der Waals surface area (Å²) in [6.07, 6.45) is 0. The van der Waals surface area contributed by atoms with Gasteiger partial charge in [-0.25, -0.2) is 4.98 Å². The minimum Gasteiger partial charge on any atom is -0.268 e. The summed E-state index contributed by atoms with van der Waals surface area (Å²) in [6, 6.07) is 22.8. The standard InChI is InChI=1S/C21H11N3O/c22-12-13-9-10-15-17(11-13)14-5-2-4-8-19(14)24-20(15)23-18-7-3-1-6-16(18)21(24)25/h1-11H. The smallest absolute Gasteiger partial charge is 0.266 e. The van der Waals surface area contributed by atoms with Crippen LogP contribution in [0.4, 0.5) is 0 Å². The van der Waals surface area contributed by atoms with Crippen LogP contribution in [0.1, 0.15) is 5.56 Å². The van der Waals surface area contributed by atoms with Crippen LogP contribution in [0.25, 0.3) is 38.2 Å². The van der Waals surface area contributed by atoms with E-state index in [1.54, 1.807) is 16.5 Å². The lowest BCUT2D eigenvalue weighted by Gasteiger charge is -2.12. The number of fused-ring (bicyclic) bond motifs is 7. The Kier molecular flexibility index (Phi) is 2.68. The van der Waals surface area contributed by atoms with Crippen molar-refractivity contribution in [1.29, 1.82) is 5.26 Å². The number of benzene rings is 3. The lowest BCUT2D eigenvalue weighted by Crippen LogP contribution is -2.16. The maximum absolute atomic E-state index is 13.1. The third-order valence-electron chi connectivity index (χ3n) is 4.60. The second-order valence-corrected chi connectivity index (χ2v) is 5.98. The summed E-state index contributed by atoms with van der Waals surface area (Å²) in [5.74, 6) is 0. The van der Waals surface area contributed by atoms with Gasteiger partial charge < -0.3 is 0 Å². The van der Waals surface area contributed by atoms with Crippen LogP contribution in [0, 0.1) is 11.3 Å². The van der Waals surface area contributed by atoms with Crippen LogP contribution >= 0.6 is 0 Å². The molecule has 5 aromatic rings. The molecule has 0 radical (unpaired) electrons. The number of hydrogen-bond donors (Lipinski definition) is 0. The molecule has 0 fully saturated rings. The number of hydrogen-bond acceptors (Lipinski definition) is 3. The van der Waals surface area contributed by atoms with Crippen LogP contribution in [0.2, 0.25) is 0 Å². The third kappa shape index (κ3) is 1.81. The number of nitriles is 1. The largest absolute Gasteiger partial charge is 0.268 e. The molecule has 0 saturated heterocycles. The zero-order valence-corrected chi connectivity index (χ0v) is 13.1. The van der Waals surface area contributed by atoms with Crippen molar-refractivity contribution in [1.82, 2.24) is 9.38 Å². The predicted molar refractivity (Wildman–Crippen MR) is 98.7 cm³/mol. The highest BCUT2D eigenvalue weighted by atomic mass is 16.1. The van der Waals surface area contributed by atoms with Gasteiger partial charge in [0.05, 0.1) is 28.1 Å². The van der Waals surface area contributed by atoms with Gasteiger partial charge in [-0.15, -0.1) is 0 Å². The van der Waals surface area contributed by atoms with Crippen LogP contribution < -0.4 is 5.56 Å². The molecule has 25 heavy (non-hydrogen) atoms. The molecule has 0 saturated carbocycles. The number of para-hydroxylation sites is 2. The van der Waals surface area contributed by atoms with Gasteiger partial charge in [-0.1, -0.05) is 30.3 Å². The van der Waals surface area contributed by atoms with Crippen molar-refractivity contribution >= 4 is 38.2 Å².